The SMILES string of the molecule is CCCCC[C@@H](N)c1c(C)c(C)c(C)c(C)c1C.Cl. The van der Waals surface area contributed by atoms with Gasteiger partial charge in [0.1, 0.15) is 0 Å². The minimum atomic E-state index is 0. The molecular formula is C17H30ClN. The van der Waals surface area contributed by atoms with Crippen molar-refractivity contribution < 1.29 is 0 Å². The van der Waals surface area contributed by atoms with E-state index in [1.165, 1.54) is 52.6 Å². The highest BCUT2D eigenvalue weighted by Crippen LogP contribution is 2.31. The molecule has 0 spiro atoms. The van der Waals surface area contributed by atoms with E-state index in [0.717, 1.165) is 6.42 Å². The van der Waals surface area contributed by atoms with Crippen LogP contribution < -0.4 is 5.73 Å². The number of benzene rings is 1. The molecule has 0 amide bonds. The van der Waals surface area contributed by atoms with Gasteiger partial charge < -0.3 is 5.73 Å². The summed E-state index contributed by atoms with van der Waals surface area (Å²) in [5, 5.41) is 0. The summed E-state index contributed by atoms with van der Waals surface area (Å²) in [5.41, 5.74) is 14.9. The number of hydrogen-bond acceptors (Lipinski definition) is 1. The molecule has 0 aliphatic rings. The number of rotatable bonds is 5. The second-order valence-electron chi connectivity index (χ2n) is 5.64. The molecule has 1 rings (SSSR count). The van der Waals surface area contributed by atoms with Crippen LogP contribution in [0.15, 0.2) is 0 Å². The normalized spacial score (nSPS) is 12.2. The van der Waals surface area contributed by atoms with E-state index in [4.69, 9.17) is 5.73 Å². The van der Waals surface area contributed by atoms with Gasteiger partial charge in [0.25, 0.3) is 0 Å². The molecule has 110 valence electrons. The molecule has 0 radical (unpaired) electrons. The van der Waals surface area contributed by atoms with Gasteiger partial charge in [-0.05, 0) is 74.4 Å². The molecule has 1 atom stereocenters. The quantitative estimate of drug-likeness (QED) is 0.736. The lowest BCUT2D eigenvalue weighted by Crippen LogP contribution is -2.15. The summed E-state index contributed by atoms with van der Waals surface area (Å²) in [4.78, 5) is 0. The van der Waals surface area contributed by atoms with Gasteiger partial charge in [0, 0.05) is 6.04 Å². The fourth-order valence-electron chi connectivity index (χ4n) is 2.84. The summed E-state index contributed by atoms with van der Waals surface area (Å²) in [7, 11) is 0. The first-order valence-corrected chi connectivity index (χ1v) is 7.24. The fraction of sp³-hybridized carbons (Fsp3) is 0.647. The van der Waals surface area contributed by atoms with E-state index < -0.39 is 0 Å². The average Bonchev–Trinajstić information content (AvgIpc) is 2.34. The Morgan fingerprint density at radius 2 is 1.21 bits per heavy atom. The van der Waals surface area contributed by atoms with Crippen molar-refractivity contribution in [2.24, 2.45) is 5.73 Å². The van der Waals surface area contributed by atoms with Crippen molar-refractivity contribution in [3.8, 4) is 0 Å². The third-order valence-corrected chi connectivity index (χ3v) is 4.55. The zero-order valence-corrected chi connectivity index (χ0v) is 14.2. The minimum absolute atomic E-state index is 0. The predicted molar refractivity (Wildman–Crippen MR) is 88.4 cm³/mol. The van der Waals surface area contributed by atoms with Crippen LogP contribution in [0.2, 0.25) is 0 Å². The number of hydrogen-bond donors (Lipinski definition) is 1. The number of nitrogens with two attached hydrogens (primary N) is 1. The summed E-state index contributed by atoms with van der Waals surface area (Å²) in [5.74, 6) is 0. The largest absolute Gasteiger partial charge is 0.324 e. The van der Waals surface area contributed by atoms with Crippen molar-refractivity contribution in [3.05, 3.63) is 33.4 Å². The highest BCUT2D eigenvalue weighted by Gasteiger charge is 2.17. The first-order valence-electron chi connectivity index (χ1n) is 7.24. The van der Waals surface area contributed by atoms with Crippen molar-refractivity contribution in [1.29, 1.82) is 0 Å². The van der Waals surface area contributed by atoms with E-state index >= 15 is 0 Å². The molecule has 1 aromatic rings. The molecule has 0 aliphatic heterocycles. The zero-order chi connectivity index (χ0) is 13.9. The summed E-state index contributed by atoms with van der Waals surface area (Å²) < 4.78 is 0. The highest BCUT2D eigenvalue weighted by atomic mass is 35.5. The lowest BCUT2D eigenvalue weighted by atomic mass is 9.85. The molecule has 0 bridgehead atoms. The molecule has 19 heavy (non-hydrogen) atoms. The molecule has 0 aliphatic carbocycles. The van der Waals surface area contributed by atoms with Crippen LogP contribution in [0, 0.1) is 34.6 Å². The predicted octanol–water partition coefficient (Wildman–Crippen LogP) is 5.23. The van der Waals surface area contributed by atoms with Crippen LogP contribution in [-0.4, -0.2) is 0 Å². The Bertz CT molecular complexity index is 395. The second-order valence-corrected chi connectivity index (χ2v) is 5.64. The first kappa shape index (κ1) is 18.5. The molecule has 0 saturated carbocycles. The van der Waals surface area contributed by atoms with E-state index in [0.29, 0.717) is 0 Å². The zero-order valence-electron chi connectivity index (χ0n) is 13.4. The van der Waals surface area contributed by atoms with Gasteiger partial charge in [0.05, 0.1) is 0 Å². The lowest BCUT2D eigenvalue weighted by molar-refractivity contribution is 0.576. The maximum atomic E-state index is 6.43. The Labute approximate surface area is 125 Å². The van der Waals surface area contributed by atoms with Crippen LogP contribution in [0.1, 0.15) is 72.0 Å². The molecule has 0 unspecified atom stereocenters. The Morgan fingerprint density at radius 3 is 1.63 bits per heavy atom. The van der Waals surface area contributed by atoms with E-state index in [2.05, 4.69) is 41.5 Å². The van der Waals surface area contributed by atoms with Gasteiger partial charge in [-0.3, -0.25) is 0 Å². The van der Waals surface area contributed by atoms with Crippen molar-refractivity contribution in [2.45, 2.75) is 73.3 Å². The monoisotopic (exact) mass is 283 g/mol. The first-order chi connectivity index (χ1) is 8.41. The average molecular weight is 284 g/mol. The maximum Gasteiger partial charge on any atom is 0.0300 e. The summed E-state index contributed by atoms with van der Waals surface area (Å²) in [6, 6.07) is 0.203. The Kier molecular flexibility index (Phi) is 7.69. The van der Waals surface area contributed by atoms with Gasteiger partial charge in [-0.2, -0.15) is 0 Å². The number of unbranched alkanes of at least 4 members (excludes halogenated alkanes) is 2. The smallest absolute Gasteiger partial charge is 0.0300 e. The molecular weight excluding hydrogens is 254 g/mol. The maximum absolute atomic E-state index is 6.43. The Morgan fingerprint density at radius 1 is 0.789 bits per heavy atom. The van der Waals surface area contributed by atoms with Gasteiger partial charge in [-0.25, -0.2) is 0 Å². The molecule has 2 heteroatoms. The minimum Gasteiger partial charge on any atom is -0.324 e. The van der Waals surface area contributed by atoms with E-state index in [9.17, 15) is 0 Å². The van der Waals surface area contributed by atoms with E-state index in [1.807, 2.05) is 0 Å². The van der Waals surface area contributed by atoms with Crippen LogP contribution in [-0.2, 0) is 0 Å². The van der Waals surface area contributed by atoms with Gasteiger partial charge in [0.15, 0.2) is 0 Å². The van der Waals surface area contributed by atoms with Gasteiger partial charge >= 0.3 is 0 Å². The van der Waals surface area contributed by atoms with Gasteiger partial charge in [-0.15, -0.1) is 12.4 Å². The third-order valence-electron chi connectivity index (χ3n) is 4.55. The number of halogens is 1. The van der Waals surface area contributed by atoms with Gasteiger partial charge in [-0.1, -0.05) is 26.2 Å². The van der Waals surface area contributed by atoms with Crippen LogP contribution in [0.5, 0.6) is 0 Å². The molecule has 1 aromatic carbocycles. The van der Waals surface area contributed by atoms with Crippen molar-refractivity contribution in [2.75, 3.05) is 0 Å². The van der Waals surface area contributed by atoms with Crippen LogP contribution in [0.4, 0.5) is 0 Å². The lowest BCUT2D eigenvalue weighted by Gasteiger charge is -2.23. The van der Waals surface area contributed by atoms with Crippen LogP contribution in [0.3, 0.4) is 0 Å². The van der Waals surface area contributed by atoms with E-state index in [1.54, 1.807) is 0 Å². The Hall–Kier alpha value is -0.530. The molecule has 0 saturated heterocycles. The van der Waals surface area contributed by atoms with Crippen molar-refractivity contribution in [3.63, 3.8) is 0 Å². The third kappa shape index (κ3) is 3.97. The standard InChI is InChI=1S/C17H29N.ClH/c1-7-8-9-10-16(18)17-14(5)12(3)11(2)13(4)15(17)6;/h16H,7-10,18H2,1-6H3;1H/t16-;/m1./s1. The van der Waals surface area contributed by atoms with Crippen LogP contribution >= 0.6 is 12.4 Å². The summed E-state index contributed by atoms with van der Waals surface area (Å²) in [6.45, 7) is 13.4. The van der Waals surface area contributed by atoms with E-state index in [-0.39, 0.29) is 18.4 Å². The molecule has 0 heterocycles. The fourth-order valence-corrected chi connectivity index (χ4v) is 2.84. The molecule has 0 aromatic heterocycles. The molecule has 2 N–H and O–H groups in total. The summed E-state index contributed by atoms with van der Waals surface area (Å²) in [6.07, 6.45) is 4.90. The van der Waals surface area contributed by atoms with Gasteiger partial charge in [0.2, 0.25) is 0 Å². The van der Waals surface area contributed by atoms with Crippen LogP contribution in [0.25, 0.3) is 0 Å². The Balaban J connectivity index is 0.00000324. The van der Waals surface area contributed by atoms with Crippen molar-refractivity contribution >= 4 is 12.4 Å². The topological polar surface area (TPSA) is 26.0 Å². The van der Waals surface area contributed by atoms with Crippen molar-refractivity contribution in [1.82, 2.24) is 0 Å². The summed E-state index contributed by atoms with van der Waals surface area (Å²) >= 11 is 0. The molecule has 1 nitrogen and oxygen atoms in total. The second kappa shape index (κ2) is 7.91. The molecule has 0 fully saturated rings. The highest BCUT2D eigenvalue weighted by molar-refractivity contribution is 5.85.